The first-order chi connectivity index (χ1) is 9.97. The van der Waals surface area contributed by atoms with Crippen molar-refractivity contribution in [2.75, 3.05) is 5.32 Å². The molecule has 2 atom stereocenters. The van der Waals surface area contributed by atoms with Gasteiger partial charge in [-0.25, -0.2) is 0 Å². The average Bonchev–Trinajstić information content (AvgIpc) is 2.76. The van der Waals surface area contributed by atoms with Crippen molar-refractivity contribution in [2.45, 2.75) is 39.2 Å². The number of halogens is 1. The molecule has 3 rings (SSSR count). The molecule has 110 valence electrons. The molecule has 2 aromatic rings. The summed E-state index contributed by atoms with van der Waals surface area (Å²) in [5.74, 6) is 0.897. The van der Waals surface area contributed by atoms with Gasteiger partial charge in [0, 0.05) is 14.8 Å². The van der Waals surface area contributed by atoms with Crippen molar-refractivity contribution in [1.29, 1.82) is 0 Å². The lowest BCUT2D eigenvalue weighted by molar-refractivity contribution is 0.465. The molecule has 3 heteroatoms. The van der Waals surface area contributed by atoms with Crippen LogP contribution in [0.4, 0.5) is 5.69 Å². The standard InChI is InChI=1S/C18H20INO/c1-10-4-6-13(9-14(10)19)20-15-8-12(3)17-11(2)5-7-16(21)18(15)17/h4-7,9,12,15,20-21H,8H2,1-3H3. The van der Waals surface area contributed by atoms with Crippen LogP contribution >= 0.6 is 22.6 Å². The highest BCUT2D eigenvalue weighted by molar-refractivity contribution is 14.1. The number of aryl methyl sites for hydroxylation is 2. The maximum Gasteiger partial charge on any atom is 0.121 e. The number of aromatic hydroxyl groups is 1. The zero-order chi connectivity index (χ0) is 15.1. The average molecular weight is 393 g/mol. The molecule has 2 aromatic carbocycles. The van der Waals surface area contributed by atoms with Crippen LogP contribution < -0.4 is 5.32 Å². The van der Waals surface area contributed by atoms with Crippen LogP contribution in [0.25, 0.3) is 0 Å². The normalized spacial score (nSPS) is 20.4. The lowest BCUT2D eigenvalue weighted by atomic mass is 9.97. The Labute approximate surface area is 139 Å². The van der Waals surface area contributed by atoms with E-state index in [0.717, 1.165) is 17.7 Å². The Morgan fingerprint density at radius 3 is 2.52 bits per heavy atom. The van der Waals surface area contributed by atoms with Gasteiger partial charge in [0.1, 0.15) is 5.75 Å². The van der Waals surface area contributed by atoms with E-state index in [2.05, 4.69) is 66.9 Å². The number of anilines is 1. The molecule has 0 amide bonds. The predicted molar refractivity (Wildman–Crippen MR) is 96.1 cm³/mol. The Kier molecular flexibility index (Phi) is 3.86. The maximum absolute atomic E-state index is 10.3. The highest BCUT2D eigenvalue weighted by atomic mass is 127. The molecule has 0 spiro atoms. The van der Waals surface area contributed by atoms with Crippen molar-refractivity contribution in [2.24, 2.45) is 0 Å². The summed E-state index contributed by atoms with van der Waals surface area (Å²) in [7, 11) is 0. The monoisotopic (exact) mass is 393 g/mol. The molecule has 0 saturated heterocycles. The Hall–Kier alpha value is -1.23. The van der Waals surface area contributed by atoms with Crippen molar-refractivity contribution in [3.05, 3.63) is 56.2 Å². The van der Waals surface area contributed by atoms with E-state index < -0.39 is 0 Å². The number of nitrogens with one attached hydrogen (secondary N) is 1. The molecule has 0 radical (unpaired) electrons. The lowest BCUT2D eigenvalue weighted by Crippen LogP contribution is -2.08. The Morgan fingerprint density at radius 1 is 1.10 bits per heavy atom. The molecule has 0 bridgehead atoms. The molecule has 0 fully saturated rings. The van der Waals surface area contributed by atoms with Gasteiger partial charge in [0.25, 0.3) is 0 Å². The van der Waals surface area contributed by atoms with E-state index >= 15 is 0 Å². The molecular weight excluding hydrogens is 373 g/mol. The Morgan fingerprint density at radius 2 is 1.81 bits per heavy atom. The third-order valence-electron chi connectivity index (χ3n) is 4.43. The lowest BCUT2D eigenvalue weighted by Gasteiger charge is -2.17. The maximum atomic E-state index is 10.3. The van der Waals surface area contributed by atoms with E-state index in [1.165, 1.54) is 20.3 Å². The van der Waals surface area contributed by atoms with Gasteiger partial charge < -0.3 is 10.4 Å². The Bertz CT molecular complexity index is 696. The van der Waals surface area contributed by atoms with Crippen molar-refractivity contribution in [3.8, 4) is 5.75 Å². The number of rotatable bonds is 2. The third-order valence-corrected chi connectivity index (χ3v) is 5.59. The van der Waals surface area contributed by atoms with Gasteiger partial charge >= 0.3 is 0 Å². The summed E-state index contributed by atoms with van der Waals surface area (Å²) >= 11 is 2.36. The summed E-state index contributed by atoms with van der Waals surface area (Å²) in [5.41, 5.74) is 6.08. The molecule has 2 unspecified atom stereocenters. The van der Waals surface area contributed by atoms with E-state index in [4.69, 9.17) is 0 Å². The molecule has 0 heterocycles. The number of hydrogen-bond donors (Lipinski definition) is 2. The third kappa shape index (κ3) is 2.63. The van der Waals surface area contributed by atoms with Gasteiger partial charge in [0.05, 0.1) is 6.04 Å². The van der Waals surface area contributed by atoms with Gasteiger partial charge in [-0.1, -0.05) is 19.1 Å². The summed E-state index contributed by atoms with van der Waals surface area (Å²) in [5, 5.41) is 13.9. The first kappa shape index (κ1) is 14.7. The van der Waals surface area contributed by atoms with Crippen LogP contribution in [0.1, 0.15) is 47.6 Å². The van der Waals surface area contributed by atoms with E-state index in [1.807, 2.05) is 12.1 Å². The van der Waals surface area contributed by atoms with Crippen LogP contribution in [0.15, 0.2) is 30.3 Å². The second-order valence-electron chi connectivity index (χ2n) is 6.03. The summed E-state index contributed by atoms with van der Waals surface area (Å²) in [6.07, 6.45) is 1.03. The summed E-state index contributed by atoms with van der Waals surface area (Å²) in [6, 6.07) is 10.5. The fraction of sp³-hybridized carbons (Fsp3) is 0.333. The van der Waals surface area contributed by atoms with E-state index in [1.54, 1.807) is 0 Å². The van der Waals surface area contributed by atoms with Gasteiger partial charge in [0.15, 0.2) is 0 Å². The minimum Gasteiger partial charge on any atom is -0.508 e. The first-order valence-corrected chi connectivity index (χ1v) is 8.40. The topological polar surface area (TPSA) is 32.3 Å². The molecular formula is C18H20INO. The van der Waals surface area contributed by atoms with Crippen molar-refractivity contribution >= 4 is 28.3 Å². The van der Waals surface area contributed by atoms with Gasteiger partial charge in [-0.15, -0.1) is 0 Å². The summed E-state index contributed by atoms with van der Waals surface area (Å²) < 4.78 is 1.26. The highest BCUT2D eigenvalue weighted by Crippen LogP contribution is 2.47. The quantitative estimate of drug-likeness (QED) is 0.681. The van der Waals surface area contributed by atoms with Crippen LogP contribution in [0.3, 0.4) is 0 Å². The molecule has 1 aliphatic carbocycles. The minimum absolute atomic E-state index is 0.188. The SMILES string of the molecule is Cc1ccc(NC2CC(C)c3c(C)ccc(O)c32)cc1I. The minimum atomic E-state index is 0.188. The number of phenols is 1. The van der Waals surface area contributed by atoms with Crippen LogP contribution in [-0.4, -0.2) is 5.11 Å². The smallest absolute Gasteiger partial charge is 0.121 e. The fourth-order valence-corrected chi connectivity index (χ4v) is 3.87. The molecule has 0 saturated carbocycles. The van der Waals surface area contributed by atoms with Crippen LogP contribution in [0.5, 0.6) is 5.75 Å². The largest absolute Gasteiger partial charge is 0.508 e. The molecule has 21 heavy (non-hydrogen) atoms. The molecule has 0 aromatic heterocycles. The van der Waals surface area contributed by atoms with E-state index in [-0.39, 0.29) is 6.04 Å². The number of benzene rings is 2. The van der Waals surface area contributed by atoms with Crippen LogP contribution in [0.2, 0.25) is 0 Å². The second kappa shape index (κ2) is 5.52. The van der Waals surface area contributed by atoms with Crippen molar-refractivity contribution in [1.82, 2.24) is 0 Å². The van der Waals surface area contributed by atoms with Gasteiger partial charge in [-0.3, -0.25) is 0 Å². The number of fused-ring (bicyclic) bond motifs is 1. The van der Waals surface area contributed by atoms with E-state index in [9.17, 15) is 5.11 Å². The van der Waals surface area contributed by atoms with Gasteiger partial charge in [-0.2, -0.15) is 0 Å². The Balaban J connectivity index is 1.96. The van der Waals surface area contributed by atoms with Gasteiger partial charge in [0.2, 0.25) is 0 Å². The van der Waals surface area contributed by atoms with Crippen LogP contribution in [0, 0.1) is 17.4 Å². The zero-order valence-electron chi connectivity index (χ0n) is 12.6. The first-order valence-electron chi connectivity index (χ1n) is 7.32. The van der Waals surface area contributed by atoms with E-state index in [0.29, 0.717) is 11.7 Å². The fourth-order valence-electron chi connectivity index (χ4n) is 3.36. The van der Waals surface area contributed by atoms with Crippen LogP contribution in [-0.2, 0) is 0 Å². The van der Waals surface area contributed by atoms with Crippen molar-refractivity contribution < 1.29 is 5.11 Å². The number of hydrogen-bond acceptors (Lipinski definition) is 2. The highest BCUT2D eigenvalue weighted by Gasteiger charge is 2.32. The molecule has 1 aliphatic rings. The van der Waals surface area contributed by atoms with Gasteiger partial charge in [-0.05, 0) is 83.7 Å². The predicted octanol–water partition coefficient (Wildman–Crippen LogP) is 5.27. The van der Waals surface area contributed by atoms with Crippen molar-refractivity contribution in [3.63, 3.8) is 0 Å². The second-order valence-corrected chi connectivity index (χ2v) is 7.19. The molecule has 2 N–H and O–H groups in total. The molecule has 2 nitrogen and oxygen atoms in total. The summed E-state index contributed by atoms with van der Waals surface area (Å²) in [6.45, 7) is 6.49. The number of phenolic OH excluding ortho intramolecular Hbond substituents is 1. The zero-order valence-corrected chi connectivity index (χ0v) is 14.7. The molecule has 0 aliphatic heterocycles. The summed E-state index contributed by atoms with van der Waals surface area (Å²) in [4.78, 5) is 0.